The van der Waals surface area contributed by atoms with Gasteiger partial charge in [0, 0.05) is 35.7 Å². The number of nitrogens with zero attached hydrogens (tertiary/aromatic N) is 2. The molecule has 0 amide bonds. The van der Waals surface area contributed by atoms with Crippen molar-refractivity contribution in [3.63, 3.8) is 0 Å². The van der Waals surface area contributed by atoms with E-state index in [0.29, 0.717) is 0 Å². The number of nitrogens with one attached hydrogen (secondary N) is 1. The van der Waals surface area contributed by atoms with Gasteiger partial charge in [0.1, 0.15) is 5.01 Å². The van der Waals surface area contributed by atoms with Crippen molar-refractivity contribution in [1.82, 2.24) is 14.9 Å². The van der Waals surface area contributed by atoms with E-state index < -0.39 is 0 Å². The normalized spacial score (nSPS) is 17.6. The van der Waals surface area contributed by atoms with Gasteiger partial charge in [-0.05, 0) is 19.8 Å². The fourth-order valence-electron chi connectivity index (χ4n) is 2.99. The van der Waals surface area contributed by atoms with Crippen LogP contribution < -0.4 is 10.2 Å². The van der Waals surface area contributed by atoms with E-state index in [9.17, 15) is 4.79 Å². The summed E-state index contributed by atoms with van der Waals surface area (Å²) in [7, 11) is 0. The van der Waals surface area contributed by atoms with Crippen LogP contribution in [0, 0.1) is 6.92 Å². The smallest absolute Gasteiger partial charge is 0.304 e. The first-order valence-electron chi connectivity index (χ1n) is 7.01. The van der Waals surface area contributed by atoms with Gasteiger partial charge in [-0.25, -0.2) is 4.98 Å². The summed E-state index contributed by atoms with van der Waals surface area (Å²) in [6.45, 7) is 3.54. The summed E-state index contributed by atoms with van der Waals surface area (Å²) in [6.07, 6.45) is 6.69. The molecular formula is C14H19N3OS2. The van der Waals surface area contributed by atoms with Gasteiger partial charge in [-0.2, -0.15) is 0 Å². The van der Waals surface area contributed by atoms with Crippen LogP contribution in [0.15, 0.2) is 21.8 Å². The summed E-state index contributed by atoms with van der Waals surface area (Å²) in [4.78, 5) is 16.4. The lowest BCUT2D eigenvalue weighted by atomic mass is 9.98. The summed E-state index contributed by atoms with van der Waals surface area (Å²) >= 11 is 3.01. The third kappa shape index (κ3) is 2.60. The summed E-state index contributed by atoms with van der Waals surface area (Å²) in [5, 5.41) is 8.85. The minimum absolute atomic E-state index is 0.0434. The molecule has 0 unspecified atom stereocenters. The highest BCUT2D eigenvalue weighted by Crippen LogP contribution is 2.39. The second-order valence-corrected chi connectivity index (χ2v) is 7.06. The standard InChI is InChI=1S/C14H19N3OS2/c1-11-10-20-13(18)17(11)8-6-16-14(4-2-3-5-14)12-15-7-9-19-12/h7,9-10,16H,2-6,8H2,1H3. The molecule has 2 heterocycles. The van der Waals surface area contributed by atoms with E-state index in [1.165, 1.54) is 29.2 Å². The maximum Gasteiger partial charge on any atom is 0.307 e. The van der Waals surface area contributed by atoms with Crippen LogP contribution in [0.5, 0.6) is 0 Å². The first kappa shape index (κ1) is 14.0. The Bertz CT molecular complexity index is 609. The monoisotopic (exact) mass is 309 g/mol. The van der Waals surface area contributed by atoms with Gasteiger partial charge in [0.05, 0.1) is 5.54 Å². The van der Waals surface area contributed by atoms with Crippen molar-refractivity contribution < 1.29 is 0 Å². The van der Waals surface area contributed by atoms with Crippen LogP contribution in [-0.4, -0.2) is 16.1 Å². The Balaban J connectivity index is 1.68. The lowest BCUT2D eigenvalue weighted by Gasteiger charge is -2.28. The highest BCUT2D eigenvalue weighted by atomic mass is 32.1. The second-order valence-electron chi connectivity index (χ2n) is 5.35. The maximum atomic E-state index is 11.7. The fourth-order valence-corrected chi connectivity index (χ4v) is 4.62. The van der Waals surface area contributed by atoms with E-state index in [1.54, 1.807) is 11.3 Å². The van der Waals surface area contributed by atoms with E-state index in [1.807, 2.05) is 28.4 Å². The minimum atomic E-state index is 0.0434. The van der Waals surface area contributed by atoms with Crippen molar-refractivity contribution >= 4 is 22.7 Å². The number of hydrogen-bond acceptors (Lipinski definition) is 5. The lowest BCUT2D eigenvalue weighted by Crippen LogP contribution is -2.42. The van der Waals surface area contributed by atoms with Gasteiger partial charge in [0.2, 0.25) is 0 Å². The molecule has 2 aromatic heterocycles. The van der Waals surface area contributed by atoms with Gasteiger partial charge in [-0.15, -0.1) is 11.3 Å². The Morgan fingerprint density at radius 1 is 1.40 bits per heavy atom. The summed E-state index contributed by atoms with van der Waals surface area (Å²) in [5.74, 6) is 0. The molecule has 0 aliphatic heterocycles. The molecule has 20 heavy (non-hydrogen) atoms. The zero-order valence-electron chi connectivity index (χ0n) is 11.6. The van der Waals surface area contributed by atoms with Crippen molar-refractivity contribution in [3.05, 3.63) is 37.3 Å². The molecule has 108 valence electrons. The highest BCUT2D eigenvalue weighted by molar-refractivity contribution is 7.09. The average molecular weight is 309 g/mol. The van der Waals surface area contributed by atoms with Crippen LogP contribution in [0.4, 0.5) is 0 Å². The van der Waals surface area contributed by atoms with Crippen LogP contribution in [0.1, 0.15) is 36.4 Å². The quantitative estimate of drug-likeness (QED) is 0.924. The van der Waals surface area contributed by atoms with Gasteiger partial charge in [0.15, 0.2) is 0 Å². The third-order valence-electron chi connectivity index (χ3n) is 4.07. The molecule has 0 atom stereocenters. The Hall–Kier alpha value is -0.980. The molecule has 6 heteroatoms. The van der Waals surface area contributed by atoms with Gasteiger partial charge in [0.25, 0.3) is 0 Å². The third-order valence-corrected chi connectivity index (χ3v) is 5.93. The van der Waals surface area contributed by atoms with Crippen LogP contribution in [0.25, 0.3) is 0 Å². The predicted octanol–water partition coefficient (Wildman–Crippen LogP) is 2.73. The average Bonchev–Trinajstić information content (AvgIpc) is 3.15. The molecule has 3 rings (SSSR count). The van der Waals surface area contributed by atoms with E-state index >= 15 is 0 Å². The summed E-state index contributed by atoms with van der Waals surface area (Å²) in [5.41, 5.74) is 1.10. The number of aromatic nitrogens is 2. The topological polar surface area (TPSA) is 46.9 Å². The summed E-state index contributed by atoms with van der Waals surface area (Å²) in [6, 6.07) is 0. The molecule has 1 N–H and O–H groups in total. The van der Waals surface area contributed by atoms with E-state index in [0.717, 1.165) is 31.6 Å². The molecule has 1 fully saturated rings. The Morgan fingerprint density at radius 3 is 2.80 bits per heavy atom. The Kier molecular flexibility index (Phi) is 4.05. The van der Waals surface area contributed by atoms with Crippen LogP contribution in [0.2, 0.25) is 0 Å². The van der Waals surface area contributed by atoms with E-state index in [2.05, 4.69) is 10.3 Å². The lowest BCUT2D eigenvalue weighted by molar-refractivity contribution is 0.332. The second kappa shape index (κ2) is 5.79. The van der Waals surface area contributed by atoms with Crippen LogP contribution in [0.3, 0.4) is 0 Å². The molecule has 0 bridgehead atoms. The molecule has 1 aliphatic carbocycles. The Morgan fingerprint density at radius 2 is 2.20 bits per heavy atom. The SMILES string of the molecule is Cc1csc(=O)n1CCNC1(c2nccs2)CCCC1. The first-order valence-corrected chi connectivity index (χ1v) is 8.77. The van der Waals surface area contributed by atoms with Crippen molar-refractivity contribution in [2.24, 2.45) is 0 Å². The van der Waals surface area contributed by atoms with Crippen LogP contribution >= 0.6 is 22.7 Å². The maximum absolute atomic E-state index is 11.7. The van der Waals surface area contributed by atoms with Crippen molar-refractivity contribution in [3.8, 4) is 0 Å². The van der Waals surface area contributed by atoms with Gasteiger partial charge < -0.3 is 9.88 Å². The van der Waals surface area contributed by atoms with E-state index in [-0.39, 0.29) is 10.4 Å². The molecule has 2 aromatic rings. The summed E-state index contributed by atoms with van der Waals surface area (Å²) < 4.78 is 1.85. The predicted molar refractivity (Wildman–Crippen MR) is 83.6 cm³/mol. The molecule has 0 aromatic carbocycles. The van der Waals surface area contributed by atoms with Gasteiger partial charge >= 0.3 is 4.87 Å². The number of aryl methyl sites for hydroxylation is 1. The van der Waals surface area contributed by atoms with Gasteiger partial charge in [-0.3, -0.25) is 4.79 Å². The van der Waals surface area contributed by atoms with Gasteiger partial charge in [-0.1, -0.05) is 24.2 Å². The first-order chi connectivity index (χ1) is 9.71. The highest BCUT2D eigenvalue weighted by Gasteiger charge is 2.37. The zero-order valence-corrected chi connectivity index (χ0v) is 13.2. The molecule has 0 radical (unpaired) electrons. The van der Waals surface area contributed by atoms with Crippen molar-refractivity contribution in [2.75, 3.05) is 6.54 Å². The molecule has 1 aliphatic rings. The number of rotatable bonds is 5. The van der Waals surface area contributed by atoms with Crippen molar-refractivity contribution in [2.45, 2.75) is 44.7 Å². The largest absolute Gasteiger partial charge is 0.307 e. The molecule has 4 nitrogen and oxygen atoms in total. The number of thiazole rings is 2. The van der Waals surface area contributed by atoms with Crippen LogP contribution in [-0.2, 0) is 12.1 Å². The number of hydrogen-bond donors (Lipinski definition) is 1. The molecule has 1 saturated carbocycles. The zero-order chi connectivity index (χ0) is 14.0. The molecule has 0 saturated heterocycles. The molecule has 0 spiro atoms. The van der Waals surface area contributed by atoms with E-state index in [4.69, 9.17) is 0 Å². The molecular weight excluding hydrogens is 290 g/mol. The minimum Gasteiger partial charge on any atom is -0.304 e. The Labute approximate surface area is 126 Å². The fraction of sp³-hybridized carbons (Fsp3) is 0.571. The van der Waals surface area contributed by atoms with Crippen molar-refractivity contribution in [1.29, 1.82) is 0 Å².